The maximum atomic E-state index is 5.61. The van der Waals surface area contributed by atoms with Crippen LogP contribution in [-0.2, 0) is 4.74 Å². The number of nitrogens with one attached hydrogen (secondary N) is 1. The molecule has 1 aromatic heterocycles. The smallest absolute Gasteiger partial charge is 0.254 e. The number of hydrogen-bond donors (Lipinski definition) is 1. The average Bonchev–Trinajstić information content (AvgIpc) is 2.76. The van der Waals surface area contributed by atoms with E-state index >= 15 is 0 Å². The molecule has 0 bridgehead atoms. The molecule has 14 heavy (non-hydrogen) atoms. The van der Waals surface area contributed by atoms with Crippen LogP contribution in [0.25, 0.3) is 0 Å². The summed E-state index contributed by atoms with van der Waals surface area (Å²) in [7, 11) is 1.68. The van der Waals surface area contributed by atoms with E-state index in [0.29, 0.717) is 5.88 Å². The number of hydrogen-bond acceptors (Lipinski definition) is 5. The Hall–Kier alpha value is -1.07. The van der Waals surface area contributed by atoms with Gasteiger partial charge in [0.15, 0.2) is 0 Å². The Morgan fingerprint density at radius 2 is 2.29 bits per heavy atom. The molecule has 1 aromatic rings. The molecule has 1 saturated heterocycles. The van der Waals surface area contributed by atoms with E-state index in [1.165, 1.54) is 0 Å². The van der Waals surface area contributed by atoms with Gasteiger partial charge in [0, 0.05) is 26.3 Å². The van der Waals surface area contributed by atoms with E-state index in [1.54, 1.807) is 13.2 Å². The molecule has 0 radical (unpaired) electrons. The van der Waals surface area contributed by atoms with Gasteiger partial charge in [0.2, 0.25) is 0 Å². The molecule has 5 heteroatoms. The number of methoxy groups -OCH3 is 1. The second kappa shape index (κ2) is 3.98. The molecule has 1 fully saturated rings. The standard InChI is InChI=1S/C9H14N2O3/c1-6-3-9(11-14-6)13-8-5-10-4-7(8)12-2/h3,7-8,10H,4-5H2,1-2H3/t7-,8+/m0/s1. The van der Waals surface area contributed by atoms with Gasteiger partial charge < -0.3 is 19.3 Å². The molecule has 0 aliphatic carbocycles. The summed E-state index contributed by atoms with van der Waals surface area (Å²) in [6, 6.07) is 1.77. The lowest BCUT2D eigenvalue weighted by Crippen LogP contribution is -2.31. The van der Waals surface area contributed by atoms with E-state index in [1.807, 2.05) is 6.92 Å². The van der Waals surface area contributed by atoms with Crippen molar-refractivity contribution in [1.82, 2.24) is 10.5 Å². The van der Waals surface area contributed by atoms with E-state index in [2.05, 4.69) is 10.5 Å². The number of ether oxygens (including phenoxy) is 2. The lowest BCUT2D eigenvalue weighted by Gasteiger charge is -2.16. The molecule has 1 aliphatic rings. The molecule has 2 heterocycles. The Morgan fingerprint density at radius 1 is 1.50 bits per heavy atom. The van der Waals surface area contributed by atoms with Crippen molar-refractivity contribution in [3.63, 3.8) is 0 Å². The number of aromatic nitrogens is 1. The molecule has 0 amide bonds. The van der Waals surface area contributed by atoms with Gasteiger partial charge >= 0.3 is 0 Å². The molecule has 0 saturated carbocycles. The van der Waals surface area contributed by atoms with Gasteiger partial charge in [-0.05, 0) is 12.1 Å². The topological polar surface area (TPSA) is 56.5 Å². The largest absolute Gasteiger partial charge is 0.468 e. The quantitative estimate of drug-likeness (QED) is 0.759. The predicted octanol–water partition coefficient (Wildman–Crippen LogP) is 0.349. The van der Waals surface area contributed by atoms with Crippen LogP contribution in [0.4, 0.5) is 0 Å². The minimum Gasteiger partial charge on any atom is -0.468 e. The van der Waals surface area contributed by atoms with Gasteiger partial charge in [-0.3, -0.25) is 0 Å². The zero-order valence-corrected chi connectivity index (χ0v) is 8.32. The average molecular weight is 198 g/mol. The number of rotatable bonds is 3. The highest BCUT2D eigenvalue weighted by molar-refractivity contribution is 5.10. The summed E-state index contributed by atoms with van der Waals surface area (Å²) < 4.78 is 15.8. The Balaban J connectivity index is 1.96. The van der Waals surface area contributed by atoms with Crippen LogP contribution in [-0.4, -0.2) is 37.6 Å². The summed E-state index contributed by atoms with van der Waals surface area (Å²) in [5, 5.41) is 6.96. The van der Waals surface area contributed by atoms with Gasteiger partial charge in [-0.15, -0.1) is 0 Å². The Kier molecular flexibility index (Phi) is 2.69. The van der Waals surface area contributed by atoms with E-state index < -0.39 is 0 Å². The van der Waals surface area contributed by atoms with Crippen molar-refractivity contribution in [2.75, 3.05) is 20.2 Å². The highest BCUT2D eigenvalue weighted by atomic mass is 16.6. The third-order valence-corrected chi connectivity index (χ3v) is 2.29. The highest BCUT2D eigenvalue weighted by Gasteiger charge is 2.29. The van der Waals surface area contributed by atoms with E-state index in [9.17, 15) is 0 Å². The van der Waals surface area contributed by atoms with Crippen molar-refractivity contribution in [2.24, 2.45) is 0 Å². The zero-order valence-electron chi connectivity index (χ0n) is 8.32. The monoisotopic (exact) mass is 198 g/mol. The summed E-state index contributed by atoms with van der Waals surface area (Å²) in [6.07, 6.45) is 0.108. The molecule has 5 nitrogen and oxygen atoms in total. The van der Waals surface area contributed by atoms with Gasteiger partial charge in [0.05, 0.1) is 0 Å². The van der Waals surface area contributed by atoms with E-state index in [4.69, 9.17) is 14.0 Å². The van der Waals surface area contributed by atoms with Crippen LogP contribution in [0.2, 0.25) is 0 Å². The first-order valence-corrected chi connectivity index (χ1v) is 4.63. The van der Waals surface area contributed by atoms with Crippen LogP contribution in [0.3, 0.4) is 0 Å². The normalized spacial score (nSPS) is 26.7. The first kappa shape index (κ1) is 9.48. The molecule has 78 valence electrons. The summed E-state index contributed by atoms with van der Waals surface area (Å²) in [5.74, 6) is 1.28. The molecule has 2 atom stereocenters. The van der Waals surface area contributed by atoms with Crippen LogP contribution in [0.5, 0.6) is 5.88 Å². The van der Waals surface area contributed by atoms with Crippen molar-refractivity contribution >= 4 is 0 Å². The fraction of sp³-hybridized carbons (Fsp3) is 0.667. The Bertz CT molecular complexity index is 300. The zero-order chi connectivity index (χ0) is 9.97. The van der Waals surface area contributed by atoms with E-state index in [0.717, 1.165) is 18.8 Å². The lowest BCUT2D eigenvalue weighted by molar-refractivity contribution is 0.0309. The third kappa shape index (κ3) is 1.88. The van der Waals surface area contributed by atoms with Gasteiger partial charge in [-0.2, -0.15) is 0 Å². The molecule has 0 spiro atoms. The van der Waals surface area contributed by atoms with Crippen molar-refractivity contribution in [2.45, 2.75) is 19.1 Å². The minimum atomic E-state index is 0.0181. The summed E-state index contributed by atoms with van der Waals surface area (Å²) in [6.45, 7) is 3.43. The van der Waals surface area contributed by atoms with Crippen LogP contribution in [0.1, 0.15) is 5.76 Å². The maximum Gasteiger partial charge on any atom is 0.254 e. The van der Waals surface area contributed by atoms with E-state index in [-0.39, 0.29) is 12.2 Å². The second-order valence-corrected chi connectivity index (χ2v) is 3.36. The predicted molar refractivity (Wildman–Crippen MR) is 49.3 cm³/mol. The first-order chi connectivity index (χ1) is 6.79. The van der Waals surface area contributed by atoms with Crippen LogP contribution >= 0.6 is 0 Å². The van der Waals surface area contributed by atoms with Crippen molar-refractivity contribution < 1.29 is 14.0 Å². The number of nitrogens with zero attached hydrogens (tertiary/aromatic N) is 1. The molecule has 1 N–H and O–H groups in total. The Labute approximate surface area is 82.4 Å². The van der Waals surface area contributed by atoms with Gasteiger partial charge in [-0.1, -0.05) is 0 Å². The maximum absolute atomic E-state index is 5.61. The van der Waals surface area contributed by atoms with Gasteiger partial charge in [-0.25, -0.2) is 0 Å². The summed E-state index contributed by atoms with van der Waals surface area (Å²) in [5.41, 5.74) is 0. The van der Waals surface area contributed by atoms with Crippen LogP contribution in [0.15, 0.2) is 10.6 Å². The molecule has 0 unspecified atom stereocenters. The van der Waals surface area contributed by atoms with Crippen LogP contribution < -0.4 is 10.1 Å². The molecule has 0 aromatic carbocycles. The van der Waals surface area contributed by atoms with Crippen molar-refractivity contribution in [3.8, 4) is 5.88 Å². The summed E-state index contributed by atoms with van der Waals surface area (Å²) in [4.78, 5) is 0. The lowest BCUT2D eigenvalue weighted by atomic mass is 10.2. The molecular formula is C9H14N2O3. The SMILES string of the molecule is CO[C@H]1CNC[C@H]1Oc1cc(C)on1. The van der Waals surface area contributed by atoms with Crippen molar-refractivity contribution in [1.29, 1.82) is 0 Å². The fourth-order valence-electron chi connectivity index (χ4n) is 1.54. The van der Waals surface area contributed by atoms with Crippen molar-refractivity contribution in [3.05, 3.63) is 11.8 Å². The molecule has 1 aliphatic heterocycles. The molecule has 2 rings (SSSR count). The van der Waals surface area contributed by atoms with Gasteiger partial charge in [0.1, 0.15) is 18.0 Å². The highest BCUT2D eigenvalue weighted by Crippen LogP contribution is 2.15. The van der Waals surface area contributed by atoms with Gasteiger partial charge in [0.25, 0.3) is 5.88 Å². The van der Waals surface area contributed by atoms with Crippen LogP contribution in [0, 0.1) is 6.92 Å². The molecular weight excluding hydrogens is 184 g/mol. The third-order valence-electron chi connectivity index (χ3n) is 2.29. The number of aryl methyl sites for hydroxylation is 1. The minimum absolute atomic E-state index is 0.0181. The summed E-state index contributed by atoms with van der Waals surface area (Å²) >= 11 is 0. The Morgan fingerprint density at radius 3 is 2.93 bits per heavy atom. The fourth-order valence-corrected chi connectivity index (χ4v) is 1.54. The first-order valence-electron chi connectivity index (χ1n) is 4.63. The second-order valence-electron chi connectivity index (χ2n) is 3.36.